The molecule has 0 spiro atoms. The number of rotatable bonds is 4. The van der Waals surface area contributed by atoms with E-state index in [4.69, 9.17) is 0 Å². The van der Waals surface area contributed by atoms with Gasteiger partial charge < -0.3 is 5.21 Å². The SMILES string of the molecule is CCc1cccc(CC)c1N1C(=O)CC(c2cccc3ccc[n+]([O-])c23)C1=O. The molecule has 142 valence electrons. The maximum atomic E-state index is 13.4. The minimum absolute atomic E-state index is 0.0774. The van der Waals surface area contributed by atoms with Crippen LogP contribution >= 0.6 is 0 Å². The van der Waals surface area contributed by atoms with Crippen LogP contribution in [0.15, 0.2) is 54.7 Å². The van der Waals surface area contributed by atoms with Gasteiger partial charge >= 0.3 is 0 Å². The van der Waals surface area contributed by atoms with Crippen LogP contribution in [0.3, 0.4) is 0 Å². The van der Waals surface area contributed by atoms with Crippen molar-refractivity contribution in [3.05, 3.63) is 76.6 Å². The minimum Gasteiger partial charge on any atom is -0.618 e. The Hall–Kier alpha value is -3.21. The summed E-state index contributed by atoms with van der Waals surface area (Å²) < 4.78 is 0.780. The summed E-state index contributed by atoms with van der Waals surface area (Å²) in [6, 6.07) is 14.9. The number of hydrogen-bond acceptors (Lipinski definition) is 3. The molecule has 0 N–H and O–H groups in total. The van der Waals surface area contributed by atoms with Crippen LogP contribution in [0.25, 0.3) is 10.9 Å². The van der Waals surface area contributed by atoms with Crippen molar-refractivity contribution < 1.29 is 14.3 Å². The van der Waals surface area contributed by atoms with Gasteiger partial charge in [-0.1, -0.05) is 44.2 Å². The highest BCUT2D eigenvalue weighted by Crippen LogP contribution is 2.38. The number of nitrogens with zero attached hydrogens (tertiary/aromatic N) is 2. The number of aromatic nitrogens is 1. The van der Waals surface area contributed by atoms with E-state index in [2.05, 4.69) is 0 Å². The van der Waals surface area contributed by atoms with Gasteiger partial charge in [-0.15, -0.1) is 0 Å². The molecular weight excluding hydrogens is 352 g/mol. The molecule has 1 fully saturated rings. The van der Waals surface area contributed by atoms with Gasteiger partial charge in [-0.25, -0.2) is 4.90 Å². The van der Waals surface area contributed by atoms with Crippen molar-refractivity contribution in [2.24, 2.45) is 0 Å². The highest BCUT2D eigenvalue weighted by atomic mass is 16.5. The molecule has 1 aliphatic heterocycles. The highest BCUT2D eigenvalue weighted by molar-refractivity contribution is 6.23. The second kappa shape index (κ2) is 7.08. The van der Waals surface area contributed by atoms with Crippen molar-refractivity contribution in [1.82, 2.24) is 0 Å². The van der Waals surface area contributed by atoms with Gasteiger partial charge in [0, 0.05) is 23.4 Å². The first-order valence-corrected chi connectivity index (χ1v) is 9.65. The van der Waals surface area contributed by atoms with Crippen LogP contribution in [0, 0.1) is 5.21 Å². The maximum absolute atomic E-state index is 13.4. The van der Waals surface area contributed by atoms with E-state index in [0.29, 0.717) is 11.1 Å². The molecule has 0 saturated carbocycles. The second-order valence-electron chi connectivity index (χ2n) is 7.08. The molecule has 5 heteroatoms. The molecule has 0 radical (unpaired) electrons. The molecule has 2 amide bonds. The molecule has 4 rings (SSSR count). The Labute approximate surface area is 163 Å². The van der Waals surface area contributed by atoms with Crippen LogP contribution in [-0.2, 0) is 22.4 Å². The zero-order chi connectivity index (χ0) is 19.8. The van der Waals surface area contributed by atoms with E-state index in [-0.39, 0.29) is 18.2 Å². The van der Waals surface area contributed by atoms with E-state index < -0.39 is 5.92 Å². The lowest BCUT2D eigenvalue weighted by atomic mass is 9.94. The number of fused-ring (bicyclic) bond motifs is 1. The summed E-state index contributed by atoms with van der Waals surface area (Å²) >= 11 is 0. The molecule has 28 heavy (non-hydrogen) atoms. The van der Waals surface area contributed by atoms with Gasteiger partial charge in [-0.3, -0.25) is 9.59 Å². The number of carbonyl (C=O) groups excluding carboxylic acids is 2. The summed E-state index contributed by atoms with van der Waals surface area (Å²) in [6.07, 6.45) is 2.97. The number of imide groups is 1. The van der Waals surface area contributed by atoms with Gasteiger partial charge in [0.2, 0.25) is 17.3 Å². The molecule has 1 aliphatic rings. The molecule has 2 aromatic carbocycles. The fourth-order valence-corrected chi connectivity index (χ4v) is 4.16. The first kappa shape index (κ1) is 18.2. The first-order chi connectivity index (χ1) is 13.6. The molecular formula is C23H22N2O3. The number of para-hydroxylation sites is 2. The number of benzene rings is 2. The van der Waals surface area contributed by atoms with E-state index >= 15 is 0 Å². The number of anilines is 1. The summed E-state index contributed by atoms with van der Waals surface area (Å²) in [5, 5.41) is 13.2. The zero-order valence-electron chi connectivity index (χ0n) is 16.0. The van der Waals surface area contributed by atoms with Gasteiger partial charge in [-0.2, -0.15) is 4.73 Å². The molecule has 0 aliphatic carbocycles. The summed E-state index contributed by atoms with van der Waals surface area (Å²) in [5.74, 6) is -1.11. The Balaban J connectivity index is 1.85. The van der Waals surface area contributed by atoms with Gasteiger partial charge in [0.25, 0.3) is 0 Å². The van der Waals surface area contributed by atoms with Gasteiger partial charge in [0.1, 0.15) is 0 Å². The van der Waals surface area contributed by atoms with Crippen LogP contribution in [0.1, 0.15) is 42.9 Å². The number of amides is 2. The average Bonchev–Trinajstić information content (AvgIpc) is 3.00. The van der Waals surface area contributed by atoms with Crippen molar-refractivity contribution in [2.75, 3.05) is 4.90 Å². The van der Waals surface area contributed by atoms with Crippen LogP contribution in [0.5, 0.6) is 0 Å². The Bertz CT molecular complexity index is 1060. The standard InChI is InChI=1S/C23H22N2O3/c1-3-15-8-5-9-16(4-2)21(15)25-20(26)14-19(23(25)27)18-12-6-10-17-11-7-13-24(28)22(17)18/h5-13,19H,3-4,14H2,1-2H3. The smallest absolute Gasteiger partial charge is 0.242 e. The molecule has 5 nitrogen and oxygen atoms in total. The Morgan fingerprint density at radius 3 is 2.32 bits per heavy atom. The third-order valence-corrected chi connectivity index (χ3v) is 5.53. The van der Waals surface area contributed by atoms with Gasteiger partial charge in [0.15, 0.2) is 6.20 Å². The van der Waals surface area contributed by atoms with Crippen LogP contribution in [0.2, 0.25) is 0 Å². The monoisotopic (exact) mass is 374 g/mol. The molecule has 2 heterocycles. The maximum Gasteiger partial charge on any atom is 0.242 e. The number of hydrogen-bond donors (Lipinski definition) is 0. The third kappa shape index (κ3) is 2.74. The third-order valence-electron chi connectivity index (χ3n) is 5.53. The van der Waals surface area contributed by atoms with E-state index in [0.717, 1.165) is 39.8 Å². The molecule has 3 aromatic rings. The fourth-order valence-electron chi connectivity index (χ4n) is 4.16. The second-order valence-corrected chi connectivity index (χ2v) is 7.08. The highest BCUT2D eigenvalue weighted by Gasteiger charge is 2.43. The molecule has 1 atom stereocenters. The fraction of sp³-hybridized carbons (Fsp3) is 0.261. The van der Waals surface area contributed by atoms with Crippen molar-refractivity contribution in [3.63, 3.8) is 0 Å². The topological polar surface area (TPSA) is 64.3 Å². The molecule has 1 aromatic heterocycles. The van der Waals surface area contributed by atoms with Crippen molar-refractivity contribution in [3.8, 4) is 0 Å². The zero-order valence-corrected chi connectivity index (χ0v) is 16.0. The summed E-state index contributed by atoms with van der Waals surface area (Å²) in [6.45, 7) is 4.04. The quantitative estimate of drug-likeness (QED) is 0.398. The van der Waals surface area contributed by atoms with Crippen LogP contribution in [-0.4, -0.2) is 11.8 Å². The van der Waals surface area contributed by atoms with E-state index in [1.54, 1.807) is 12.1 Å². The lowest BCUT2D eigenvalue weighted by Crippen LogP contribution is -2.33. The molecule has 1 saturated heterocycles. The number of aryl methyl sites for hydroxylation is 2. The predicted molar refractivity (Wildman–Crippen MR) is 108 cm³/mol. The predicted octanol–water partition coefficient (Wildman–Crippen LogP) is 3.65. The Morgan fingerprint density at radius 2 is 1.64 bits per heavy atom. The minimum atomic E-state index is -0.645. The van der Waals surface area contributed by atoms with Crippen LogP contribution in [0.4, 0.5) is 5.69 Å². The summed E-state index contributed by atoms with van der Waals surface area (Å²) in [7, 11) is 0. The van der Waals surface area contributed by atoms with Crippen molar-refractivity contribution in [1.29, 1.82) is 0 Å². The number of pyridine rings is 1. The Kier molecular flexibility index (Phi) is 4.59. The van der Waals surface area contributed by atoms with Gasteiger partial charge in [-0.05, 0) is 36.1 Å². The largest absolute Gasteiger partial charge is 0.618 e. The summed E-state index contributed by atoms with van der Waals surface area (Å²) in [5.41, 5.74) is 3.76. The lowest BCUT2D eigenvalue weighted by molar-refractivity contribution is -0.577. The first-order valence-electron chi connectivity index (χ1n) is 9.65. The van der Waals surface area contributed by atoms with Crippen molar-refractivity contribution in [2.45, 2.75) is 39.0 Å². The summed E-state index contributed by atoms with van der Waals surface area (Å²) in [4.78, 5) is 27.7. The van der Waals surface area contributed by atoms with E-state index in [9.17, 15) is 14.8 Å². The average molecular weight is 374 g/mol. The van der Waals surface area contributed by atoms with Crippen molar-refractivity contribution >= 4 is 28.4 Å². The van der Waals surface area contributed by atoms with Crippen LogP contribution < -0.4 is 9.63 Å². The molecule has 1 unspecified atom stereocenters. The van der Waals surface area contributed by atoms with E-state index in [1.807, 2.05) is 50.2 Å². The number of carbonyl (C=O) groups is 2. The lowest BCUT2D eigenvalue weighted by Gasteiger charge is -2.22. The molecule has 0 bridgehead atoms. The Morgan fingerprint density at radius 1 is 1.00 bits per heavy atom. The normalized spacial score (nSPS) is 16.9. The van der Waals surface area contributed by atoms with Gasteiger partial charge in [0.05, 0.1) is 11.6 Å². The van der Waals surface area contributed by atoms with E-state index in [1.165, 1.54) is 11.1 Å².